The highest BCUT2D eigenvalue weighted by molar-refractivity contribution is 7.19. The van der Waals surface area contributed by atoms with E-state index in [9.17, 15) is 0 Å². The first-order valence-electron chi connectivity index (χ1n) is 6.97. The van der Waals surface area contributed by atoms with Crippen LogP contribution in [-0.2, 0) is 6.42 Å². The zero-order valence-corrected chi connectivity index (χ0v) is 13.1. The molecular weight excluding hydrogens is 304 g/mol. The van der Waals surface area contributed by atoms with Crippen molar-refractivity contribution >= 4 is 28.1 Å². The molecule has 0 N–H and O–H groups in total. The minimum absolute atomic E-state index is 0.499. The first kappa shape index (κ1) is 14.3. The van der Waals surface area contributed by atoms with E-state index in [0.29, 0.717) is 15.9 Å². The molecule has 4 nitrogen and oxygen atoms in total. The second-order valence-electron chi connectivity index (χ2n) is 5.30. The van der Waals surface area contributed by atoms with Gasteiger partial charge < -0.3 is 4.90 Å². The molecule has 0 saturated carbocycles. The standard InChI is InChI=1S/C15H15ClN4S/c16-14-18-19-15(21-14)20-7-1-2-13(10-20)8-11-3-5-12(9-17)6-4-11/h3-6,13H,1-2,7-8,10H2. The van der Waals surface area contributed by atoms with Gasteiger partial charge in [0.15, 0.2) is 0 Å². The third-order valence-corrected chi connectivity index (χ3v) is 4.87. The maximum Gasteiger partial charge on any atom is 0.209 e. The van der Waals surface area contributed by atoms with Gasteiger partial charge in [-0.25, -0.2) is 0 Å². The Hall–Kier alpha value is -1.64. The molecule has 1 aromatic carbocycles. The molecule has 1 unspecified atom stereocenters. The van der Waals surface area contributed by atoms with Gasteiger partial charge in [0.1, 0.15) is 0 Å². The Balaban J connectivity index is 1.64. The van der Waals surface area contributed by atoms with E-state index < -0.39 is 0 Å². The quantitative estimate of drug-likeness (QED) is 0.869. The number of halogens is 1. The molecule has 1 fully saturated rings. The Kier molecular flexibility index (Phi) is 4.37. The van der Waals surface area contributed by atoms with Gasteiger partial charge in [-0.05, 0) is 54.5 Å². The van der Waals surface area contributed by atoms with Crippen molar-refractivity contribution in [1.82, 2.24) is 10.2 Å². The number of hydrogen-bond acceptors (Lipinski definition) is 5. The van der Waals surface area contributed by atoms with Gasteiger partial charge in [0, 0.05) is 13.1 Å². The highest BCUT2D eigenvalue weighted by Crippen LogP contribution is 2.29. The number of nitriles is 1. The summed E-state index contributed by atoms with van der Waals surface area (Å²) >= 11 is 7.31. The topological polar surface area (TPSA) is 52.8 Å². The van der Waals surface area contributed by atoms with Crippen LogP contribution >= 0.6 is 22.9 Å². The maximum atomic E-state index is 8.83. The number of hydrogen-bond donors (Lipinski definition) is 0. The van der Waals surface area contributed by atoms with Crippen molar-refractivity contribution in [3.63, 3.8) is 0 Å². The Bertz CT molecular complexity index is 646. The summed E-state index contributed by atoms with van der Waals surface area (Å²) in [5.41, 5.74) is 2.00. The molecule has 1 aromatic heterocycles. The van der Waals surface area contributed by atoms with E-state index in [4.69, 9.17) is 16.9 Å². The molecule has 6 heteroatoms. The summed E-state index contributed by atoms with van der Waals surface area (Å²) in [5, 5.41) is 17.8. The molecule has 1 aliphatic rings. The summed E-state index contributed by atoms with van der Waals surface area (Å²) in [7, 11) is 0. The highest BCUT2D eigenvalue weighted by Gasteiger charge is 2.22. The van der Waals surface area contributed by atoms with Crippen LogP contribution in [-0.4, -0.2) is 23.3 Å². The molecule has 1 atom stereocenters. The summed E-state index contributed by atoms with van der Waals surface area (Å²) in [6, 6.07) is 10.0. The number of benzene rings is 1. The van der Waals surface area contributed by atoms with E-state index in [-0.39, 0.29) is 0 Å². The summed E-state index contributed by atoms with van der Waals surface area (Å²) in [4.78, 5) is 2.28. The molecule has 0 spiro atoms. The molecule has 0 aliphatic carbocycles. The Morgan fingerprint density at radius 1 is 1.33 bits per heavy atom. The fraction of sp³-hybridized carbons (Fsp3) is 0.400. The Labute approximate surface area is 133 Å². The van der Waals surface area contributed by atoms with Crippen molar-refractivity contribution in [2.24, 2.45) is 5.92 Å². The van der Waals surface area contributed by atoms with E-state index in [1.54, 1.807) is 0 Å². The van der Waals surface area contributed by atoms with Gasteiger partial charge in [0.05, 0.1) is 11.6 Å². The van der Waals surface area contributed by atoms with Crippen molar-refractivity contribution in [2.45, 2.75) is 19.3 Å². The van der Waals surface area contributed by atoms with Crippen LogP contribution in [0, 0.1) is 17.2 Å². The lowest BCUT2D eigenvalue weighted by molar-refractivity contribution is 0.412. The van der Waals surface area contributed by atoms with Crippen molar-refractivity contribution < 1.29 is 0 Å². The number of anilines is 1. The zero-order valence-electron chi connectivity index (χ0n) is 11.5. The van der Waals surface area contributed by atoms with Gasteiger partial charge in [-0.3, -0.25) is 0 Å². The Morgan fingerprint density at radius 2 is 2.14 bits per heavy atom. The monoisotopic (exact) mass is 318 g/mol. The maximum absolute atomic E-state index is 8.83. The minimum atomic E-state index is 0.499. The van der Waals surface area contributed by atoms with E-state index in [0.717, 1.165) is 31.1 Å². The molecule has 108 valence electrons. The molecule has 2 heterocycles. The van der Waals surface area contributed by atoms with Gasteiger partial charge in [-0.15, -0.1) is 10.2 Å². The summed E-state index contributed by atoms with van der Waals surface area (Å²) in [6.07, 6.45) is 3.43. The highest BCUT2D eigenvalue weighted by atomic mass is 35.5. The van der Waals surface area contributed by atoms with Gasteiger partial charge in [0.25, 0.3) is 0 Å². The van der Waals surface area contributed by atoms with Crippen molar-refractivity contribution in [1.29, 1.82) is 5.26 Å². The van der Waals surface area contributed by atoms with Gasteiger partial charge in [-0.1, -0.05) is 23.5 Å². The largest absolute Gasteiger partial charge is 0.346 e. The van der Waals surface area contributed by atoms with E-state index in [1.165, 1.54) is 23.3 Å². The first-order valence-corrected chi connectivity index (χ1v) is 8.17. The summed E-state index contributed by atoms with van der Waals surface area (Å²) < 4.78 is 0.499. The van der Waals surface area contributed by atoms with Crippen LogP contribution in [0.5, 0.6) is 0 Å². The predicted octanol–water partition coefficient (Wildman–Crippen LogP) is 3.52. The van der Waals surface area contributed by atoms with E-state index >= 15 is 0 Å². The zero-order chi connectivity index (χ0) is 14.7. The molecule has 1 saturated heterocycles. The van der Waals surface area contributed by atoms with Crippen LogP contribution < -0.4 is 4.90 Å². The molecule has 0 radical (unpaired) electrons. The third-order valence-electron chi connectivity index (χ3n) is 3.79. The van der Waals surface area contributed by atoms with Crippen molar-refractivity contribution in [3.05, 3.63) is 39.9 Å². The van der Waals surface area contributed by atoms with Crippen LogP contribution in [0.1, 0.15) is 24.0 Å². The summed E-state index contributed by atoms with van der Waals surface area (Å²) in [5.74, 6) is 0.606. The number of rotatable bonds is 3. The van der Waals surface area contributed by atoms with Gasteiger partial charge in [-0.2, -0.15) is 5.26 Å². The molecule has 0 bridgehead atoms. The number of piperidine rings is 1. The first-order chi connectivity index (χ1) is 10.2. The predicted molar refractivity (Wildman–Crippen MR) is 84.7 cm³/mol. The second kappa shape index (κ2) is 6.42. The number of nitrogens with zero attached hydrogens (tertiary/aromatic N) is 4. The van der Waals surface area contributed by atoms with E-state index in [1.807, 2.05) is 12.1 Å². The molecule has 0 amide bonds. The molecule has 1 aliphatic heterocycles. The SMILES string of the molecule is N#Cc1ccc(CC2CCCN(c3nnc(Cl)s3)C2)cc1. The van der Waals surface area contributed by atoms with Gasteiger partial charge >= 0.3 is 0 Å². The third kappa shape index (κ3) is 3.52. The minimum Gasteiger partial charge on any atom is -0.346 e. The molecule has 2 aromatic rings. The average Bonchev–Trinajstić information content (AvgIpc) is 2.95. The summed E-state index contributed by atoms with van der Waals surface area (Å²) in [6.45, 7) is 2.01. The molecular formula is C15H15ClN4S. The van der Waals surface area contributed by atoms with Crippen LogP contribution in [0.3, 0.4) is 0 Å². The van der Waals surface area contributed by atoms with Crippen LogP contribution in [0.15, 0.2) is 24.3 Å². The van der Waals surface area contributed by atoms with Crippen LogP contribution in [0.25, 0.3) is 0 Å². The lowest BCUT2D eigenvalue weighted by Gasteiger charge is -2.32. The number of aromatic nitrogens is 2. The fourth-order valence-electron chi connectivity index (χ4n) is 2.78. The van der Waals surface area contributed by atoms with Crippen molar-refractivity contribution in [3.8, 4) is 6.07 Å². The van der Waals surface area contributed by atoms with Gasteiger partial charge in [0.2, 0.25) is 9.60 Å². The Morgan fingerprint density at radius 3 is 2.81 bits per heavy atom. The van der Waals surface area contributed by atoms with Crippen LogP contribution in [0.4, 0.5) is 5.13 Å². The smallest absolute Gasteiger partial charge is 0.209 e. The fourth-order valence-corrected chi connectivity index (χ4v) is 3.63. The normalized spacial score (nSPS) is 18.5. The lowest BCUT2D eigenvalue weighted by atomic mass is 9.91. The second-order valence-corrected chi connectivity index (χ2v) is 6.84. The van der Waals surface area contributed by atoms with Crippen molar-refractivity contribution in [2.75, 3.05) is 18.0 Å². The lowest BCUT2D eigenvalue weighted by Crippen LogP contribution is -2.36. The molecule has 21 heavy (non-hydrogen) atoms. The average molecular weight is 319 g/mol. The van der Waals surface area contributed by atoms with E-state index in [2.05, 4.69) is 33.3 Å². The molecule has 3 rings (SSSR count). The van der Waals surface area contributed by atoms with Crippen LogP contribution in [0.2, 0.25) is 4.47 Å².